The molecule has 2 aromatic rings. The normalized spacial score (nSPS) is 12.2. The first-order valence-corrected chi connectivity index (χ1v) is 5.60. The van der Waals surface area contributed by atoms with E-state index in [2.05, 4.69) is 29.4 Å². The second-order valence-electron chi connectivity index (χ2n) is 4.91. The fraction of sp³-hybridized carbons (Fsp3) is 0.385. The van der Waals surface area contributed by atoms with Crippen LogP contribution in [0.5, 0.6) is 0 Å². The predicted octanol–water partition coefficient (Wildman–Crippen LogP) is 1.74. The van der Waals surface area contributed by atoms with Crippen LogP contribution in [0.2, 0.25) is 0 Å². The van der Waals surface area contributed by atoms with Gasteiger partial charge < -0.3 is 14.6 Å². The highest BCUT2D eigenvalue weighted by molar-refractivity contribution is 5.82. The second-order valence-corrected chi connectivity index (χ2v) is 4.91. The van der Waals surface area contributed by atoms with Crippen molar-refractivity contribution in [1.82, 2.24) is 4.98 Å². The number of hydrogen-bond donors (Lipinski definition) is 2. The van der Waals surface area contributed by atoms with E-state index in [1.54, 1.807) is 0 Å². The topological polar surface area (TPSA) is 36.0 Å². The van der Waals surface area contributed by atoms with Gasteiger partial charge in [-0.05, 0) is 11.6 Å². The molecule has 0 amide bonds. The molecular formula is C13H19N2O+. The molecule has 2 N–H and O–H groups in total. The number of aromatic amines is 1. The van der Waals surface area contributed by atoms with Crippen molar-refractivity contribution in [1.29, 1.82) is 0 Å². The number of benzene rings is 1. The number of fused-ring (bicyclic) bond motifs is 1. The maximum atomic E-state index is 9.20. The first-order chi connectivity index (χ1) is 7.62. The lowest BCUT2D eigenvalue weighted by molar-refractivity contribution is -0.908. The molecular weight excluding hydrogens is 200 g/mol. The summed E-state index contributed by atoms with van der Waals surface area (Å²) in [5, 5.41) is 10.5. The van der Waals surface area contributed by atoms with Gasteiger partial charge in [-0.2, -0.15) is 0 Å². The van der Waals surface area contributed by atoms with Crippen LogP contribution in [0.4, 0.5) is 0 Å². The fourth-order valence-electron chi connectivity index (χ4n) is 1.83. The van der Waals surface area contributed by atoms with E-state index in [9.17, 15) is 5.11 Å². The molecule has 2 rings (SSSR count). The molecule has 0 aliphatic rings. The Bertz CT molecular complexity index is 473. The molecule has 1 aromatic carbocycles. The third-order valence-corrected chi connectivity index (χ3v) is 3.04. The Morgan fingerprint density at radius 2 is 2.00 bits per heavy atom. The molecule has 0 bridgehead atoms. The van der Waals surface area contributed by atoms with Crippen LogP contribution in [-0.4, -0.2) is 41.9 Å². The van der Waals surface area contributed by atoms with Gasteiger partial charge in [0.15, 0.2) is 6.73 Å². The van der Waals surface area contributed by atoms with E-state index in [-0.39, 0.29) is 6.73 Å². The molecule has 3 nitrogen and oxygen atoms in total. The van der Waals surface area contributed by atoms with Crippen LogP contribution in [-0.2, 0) is 6.42 Å². The summed E-state index contributed by atoms with van der Waals surface area (Å²) >= 11 is 0. The fourth-order valence-corrected chi connectivity index (χ4v) is 1.83. The maximum Gasteiger partial charge on any atom is 0.179 e. The van der Waals surface area contributed by atoms with Gasteiger partial charge in [0.2, 0.25) is 0 Å². The van der Waals surface area contributed by atoms with Crippen LogP contribution < -0.4 is 0 Å². The Kier molecular flexibility index (Phi) is 2.99. The summed E-state index contributed by atoms with van der Waals surface area (Å²) in [4.78, 5) is 3.27. The van der Waals surface area contributed by atoms with Crippen molar-refractivity contribution < 1.29 is 9.59 Å². The maximum absolute atomic E-state index is 9.20. The van der Waals surface area contributed by atoms with E-state index in [1.165, 1.54) is 16.5 Å². The van der Waals surface area contributed by atoms with Crippen molar-refractivity contribution in [3.05, 3.63) is 36.0 Å². The minimum absolute atomic E-state index is 0.183. The third kappa shape index (κ3) is 2.26. The molecule has 0 saturated carbocycles. The van der Waals surface area contributed by atoms with Crippen LogP contribution in [0.15, 0.2) is 30.5 Å². The lowest BCUT2D eigenvalue weighted by atomic mass is 10.1. The van der Waals surface area contributed by atoms with Gasteiger partial charge in [0.25, 0.3) is 0 Å². The highest BCUT2D eigenvalue weighted by Crippen LogP contribution is 2.18. The first kappa shape index (κ1) is 11.2. The van der Waals surface area contributed by atoms with E-state index in [1.807, 2.05) is 20.2 Å². The average Bonchev–Trinajstić information content (AvgIpc) is 2.70. The third-order valence-electron chi connectivity index (χ3n) is 3.04. The molecule has 0 saturated heterocycles. The molecule has 16 heavy (non-hydrogen) atoms. The van der Waals surface area contributed by atoms with Gasteiger partial charge in [-0.3, -0.25) is 0 Å². The zero-order chi connectivity index (χ0) is 11.6. The summed E-state index contributed by atoms with van der Waals surface area (Å²) in [6, 6.07) is 8.33. The standard InChI is InChI=1S/C13H19N2O/c1-15(2,10-16)8-7-11-9-14-13-6-4-3-5-12(11)13/h3-6,9,14,16H,7-8,10H2,1-2H3/q+1. The summed E-state index contributed by atoms with van der Waals surface area (Å²) in [6.45, 7) is 1.13. The van der Waals surface area contributed by atoms with E-state index in [4.69, 9.17) is 0 Å². The summed E-state index contributed by atoms with van der Waals surface area (Å²) < 4.78 is 0.638. The Hall–Kier alpha value is -1.32. The molecule has 0 fully saturated rings. The van der Waals surface area contributed by atoms with Crippen LogP contribution in [0.1, 0.15) is 5.56 Å². The van der Waals surface area contributed by atoms with Crippen molar-refractivity contribution in [2.24, 2.45) is 0 Å². The number of aliphatic hydroxyl groups excluding tert-OH is 1. The van der Waals surface area contributed by atoms with Gasteiger partial charge in [0, 0.05) is 23.5 Å². The van der Waals surface area contributed by atoms with Crippen molar-refractivity contribution in [3.8, 4) is 0 Å². The number of hydrogen-bond acceptors (Lipinski definition) is 1. The number of aromatic nitrogens is 1. The van der Waals surface area contributed by atoms with E-state index in [0.717, 1.165) is 13.0 Å². The number of nitrogens with one attached hydrogen (secondary N) is 1. The van der Waals surface area contributed by atoms with Gasteiger partial charge >= 0.3 is 0 Å². The number of para-hydroxylation sites is 1. The van der Waals surface area contributed by atoms with Crippen molar-refractivity contribution in [3.63, 3.8) is 0 Å². The minimum Gasteiger partial charge on any atom is -0.361 e. The Morgan fingerprint density at radius 1 is 1.25 bits per heavy atom. The van der Waals surface area contributed by atoms with Crippen LogP contribution in [0, 0.1) is 0 Å². The number of rotatable bonds is 4. The first-order valence-electron chi connectivity index (χ1n) is 5.60. The van der Waals surface area contributed by atoms with E-state index < -0.39 is 0 Å². The Labute approximate surface area is 95.9 Å². The minimum atomic E-state index is 0.183. The molecule has 0 spiro atoms. The molecule has 1 aromatic heterocycles. The molecule has 0 atom stereocenters. The van der Waals surface area contributed by atoms with E-state index >= 15 is 0 Å². The van der Waals surface area contributed by atoms with E-state index in [0.29, 0.717) is 4.48 Å². The molecule has 0 aliphatic carbocycles. The zero-order valence-electron chi connectivity index (χ0n) is 9.90. The highest BCUT2D eigenvalue weighted by Gasteiger charge is 2.14. The van der Waals surface area contributed by atoms with Crippen LogP contribution >= 0.6 is 0 Å². The van der Waals surface area contributed by atoms with Gasteiger partial charge in [0.05, 0.1) is 20.6 Å². The number of quaternary nitrogens is 1. The van der Waals surface area contributed by atoms with Gasteiger partial charge in [-0.25, -0.2) is 0 Å². The van der Waals surface area contributed by atoms with Crippen molar-refractivity contribution in [2.45, 2.75) is 6.42 Å². The number of aliphatic hydroxyl groups is 1. The SMILES string of the molecule is C[N+](C)(CO)CCc1c[nH]c2ccccc12. The lowest BCUT2D eigenvalue weighted by Gasteiger charge is -2.26. The highest BCUT2D eigenvalue weighted by atomic mass is 16.3. The smallest absolute Gasteiger partial charge is 0.179 e. The molecule has 86 valence electrons. The van der Waals surface area contributed by atoms with Gasteiger partial charge in [-0.1, -0.05) is 18.2 Å². The number of likely N-dealkylation sites (N-methyl/N-ethyl adjacent to an activating group) is 1. The summed E-state index contributed by atoms with van der Waals surface area (Å²) in [5.41, 5.74) is 2.52. The monoisotopic (exact) mass is 219 g/mol. The lowest BCUT2D eigenvalue weighted by Crippen LogP contribution is -2.41. The summed E-state index contributed by atoms with van der Waals surface area (Å²) in [5.74, 6) is 0. The molecule has 3 heteroatoms. The quantitative estimate of drug-likeness (QED) is 0.596. The number of H-pyrrole nitrogens is 1. The van der Waals surface area contributed by atoms with Gasteiger partial charge in [0.1, 0.15) is 0 Å². The largest absolute Gasteiger partial charge is 0.361 e. The summed E-state index contributed by atoms with van der Waals surface area (Å²) in [6.07, 6.45) is 3.06. The average molecular weight is 219 g/mol. The molecule has 1 heterocycles. The zero-order valence-corrected chi connectivity index (χ0v) is 9.90. The molecule has 0 radical (unpaired) electrons. The Balaban J connectivity index is 2.16. The van der Waals surface area contributed by atoms with Crippen LogP contribution in [0.3, 0.4) is 0 Å². The van der Waals surface area contributed by atoms with Gasteiger partial charge in [-0.15, -0.1) is 0 Å². The Morgan fingerprint density at radius 3 is 2.75 bits per heavy atom. The van der Waals surface area contributed by atoms with Crippen molar-refractivity contribution in [2.75, 3.05) is 27.4 Å². The van der Waals surface area contributed by atoms with Crippen molar-refractivity contribution >= 4 is 10.9 Å². The predicted molar refractivity (Wildman–Crippen MR) is 66.1 cm³/mol. The molecule has 0 unspecified atom stereocenters. The second kappa shape index (κ2) is 4.28. The number of nitrogens with zero attached hydrogens (tertiary/aromatic N) is 1. The van der Waals surface area contributed by atoms with Crippen LogP contribution in [0.25, 0.3) is 10.9 Å². The molecule has 0 aliphatic heterocycles. The summed E-state index contributed by atoms with van der Waals surface area (Å²) in [7, 11) is 4.07.